The molecule has 0 radical (unpaired) electrons. The monoisotopic (exact) mass is 562 g/mol. The van der Waals surface area contributed by atoms with E-state index in [0.29, 0.717) is 12.4 Å². The minimum absolute atomic E-state index is 0.114. The number of aromatic nitrogens is 4. The van der Waals surface area contributed by atoms with Crippen LogP contribution in [0, 0.1) is 11.8 Å². The van der Waals surface area contributed by atoms with Crippen molar-refractivity contribution in [2.75, 3.05) is 11.9 Å². The molecule has 3 aromatic heterocycles. The van der Waals surface area contributed by atoms with Crippen molar-refractivity contribution in [1.82, 2.24) is 25.1 Å². The summed E-state index contributed by atoms with van der Waals surface area (Å²) in [5.74, 6) is 4.51. The Morgan fingerprint density at radius 3 is 2.85 bits per heavy atom. The van der Waals surface area contributed by atoms with Gasteiger partial charge in [-0.25, -0.2) is 14.8 Å². The van der Waals surface area contributed by atoms with Gasteiger partial charge in [0.1, 0.15) is 23.1 Å². The van der Waals surface area contributed by atoms with Gasteiger partial charge in [-0.15, -0.1) is 11.3 Å². The first-order valence-electron chi connectivity index (χ1n) is 12.4. The molecule has 0 amide bonds. The number of hydrogen-bond donors (Lipinski definition) is 2. The van der Waals surface area contributed by atoms with Crippen LogP contribution in [0.1, 0.15) is 16.9 Å². The highest BCUT2D eigenvalue weighted by Gasteiger charge is 2.43. The lowest BCUT2D eigenvalue weighted by Crippen LogP contribution is -2.31. The zero-order chi connectivity index (χ0) is 27.7. The van der Waals surface area contributed by atoms with Crippen LogP contribution in [0.3, 0.4) is 0 Å². The molecule has 0 spiro atoms. The Bertz CT molecular complexity index is 1760. The van der Waals surface area contributed by atoms with Gasteiger partial charge in [-0.2, -0.15) is 18.3 Å². The molecule has 0 aliphatic carbocycles. The smallest absolute Gasteiger partial charge is 0.454 e. The summed E-state index contributed by atoms with van der Waals surface area (Å²) in [7, 11) is 0. The minimum Gasteiger partial charge on any atom is -0.454 e. The van der Waals surface area contributed by atoms with Gasteiger partial charge in [-0.05, 0) is 29.8 Å². The molecule has 12 heteroatoms. The average molecular weight is 563 g/mol. The van der Waals surface area contributed by atoms with Crippen molar-refractivity contribution in [3.8, 4) is 11.8 Å². The Morgan fingerprint density at radius 2 is 2.02 bits per heavy atom. The fourth-order valence-corrected chi connectivity index (χ4v) is 5.34. The lowest BCUT2D eigenvalue weighted by molar-refractivity contribution is -0.204. The number of alkyl halides is 3. The van der Waals surface area contributed by atoms with E-state index >= 15 is 0 Å². The van der Waals surface area contributed by atoms with E-state index in [-0.39, 0.29) is 13.0 Å². The molecule has 6 rings (SSSR count). The largest absolute Gasteiger partial charge is 0.490 e. The molecule has 4 heterocycles. The number of nitrogens with zero attached hydrogens (tertiary/aromatic N) is 4. The van der Waals surface area contributed by atoms with Gasteiger partial charge in [0.25, 0.3) is 0 Å². The van der Waals surface area contributed by atoms with Gasteiger partial charge in [0.15, 0.2) is 0 Å². The van der Waals surface area contributed by atoms with E-state index in [2.05, 4.69) is 54.4 Å². The van der Waals surface area contributed by atoms with Crippen LogP contribution in [0.2, 0.25) is 0 Å². The zero-order valence-electron chi connectivity index (χ0n) is 20.8. The minimum atomic E-state index is -5.01. The highest BCUT2D eigenvalue weighted by atomic mass is 32.1. The highest BCUT2D eigenvalue weighted by Crippen LogP contribution is 2.30. The standard InChI is InChI=1S/C28H21F3N6O2S/c29-28(30,31)27(38)39-21-11-19(32-14-21)6-8-22-12-23-25(33-16-34-26(23)40-22)36-20-7-9-24-18(10-20)13-35-37(24)15-17-4-2-1-3-5-17/h1-5,7,9-10,12-13,16,19,21,32H,11,14-15H2,(H,33,34,36)/t19-,21-/m1/s1. The first-order chi connectivity index (χ1) is 19.3. The molecule has 1 aliphatic rings. The summed E-state index contributed by atoms with van der Waals surface area (Å²) >= 11 is 1.39. The van der Waals surface area contributed by atoms with E-state index in [0.717, 1.165) is 31.7 Å². The lowest BCUT2D eigenvalue weighted by atomic mass is 10.2. The van der Waals surface area contributed by atoms with Gasteiger partial charge < -0.3 is 10.1 Å². The summed E-state index contributed by atoms with van der Waals surface area (Å²) in [4.78, 5) is 21.3. The molecule has 1 saturated heterocycles. The van der Waals surface area contributed by atoms with Crippen LogP contribution in [0.25, 0.3) is 21.1 Å². The fourth-order valence-electron chi connectivity index (χ4n) is 4.48. The number of hydrogen-bond acceptors (Lipinski definition) is 8. The second-order valence-electron chi connectivity index (χ2n) is 9.23. The third kappa shape index (κ3) is 5.61. The van der Waals surface area contributed by atoms with Gasteiger partial charge in [0.2, 0.25) is 0 Å². The van der Waals surface area contributed by atoms with Gasteiger partial charge in [-0.3, -0.25) is 10.00 Å². The van der Waals surface area contributed by atoms with Crippen LogP contribution in [-0.2, 0) is 16.1 Å². The van der Waals surface area contributed by atoms with Crippen molar-refractivity contribution >= 4 is 49.9 Å². The molecule has 2 N–H and O–H groups in total. The Labute approximate surface area is 230 Å². The van der Waals surface area contributed by atoms with E-state index in [1.165, 1.54) is 23.2 Å². The number of ether oxygens (including phenoxy) is 1. The van der Waals surface area contributed by atoms with Gasteiger partial charge >= 0.3 is 12.1 Å². The van der Waals surface area contributed by atoms with Gasteiger partial charge in [0.05, 0.1) is 34.6 Å². The molecule has 0 unspecified atom stereocenters. The van der Waals surface area contributed by atoms with Crippen molar-refractivity contribution in [3.05, 3.63) is 77.6 Å². The molecule has 40 heavy (non-hydrogen) atoms. The maximum atomic E-state index is 12.4. The Hall–Kier alpha value is -4.47. The first kappa shape index (κ1) is 25.8. The summed E-state index contributed by atoms with van der Waals surface area (Å²) in [6.07, 6.45) is -2.39. The first-order valence-corrected chi connectivity index (χ1v) is 13.2. The quantitative estimate of drug-likeness (QED) is 0.230. The molecular weight excluding hydrogens is 541 g/mol. The number of thiophene rings is 1. The third-order valence-corrected chi connectivity index (χ3v) is 7.33. The predicted octanol–water partition coefficient (Wildman–Crippen LogP) is 5.02. The normalized spacial score (nSPS) is 17.1. The number of esters is 1. The Morgan fingerprint density at radius 1 is 1.18 bits per heavy atom. The zero-order valence-corrected chi connectivity index (χ0v) is 21.6. The van der Waals surface area contributed by atoms with Crippen LogP contribution in [-0.4, -0.2) is 50.6 Å². The molecule has 8 nitrogen and oxygen atoms in total. The van der Waals surface area contributed by atoms with Crippen molar-refractivity contribution in [3.63, 3.8) is 0 Å². The molecular formula is C28H21F3N6O2S. The summed E-state index contributed by atoms with van der Waals surface area (Å²) in [6.45, 7) is 0.792. The van der Waals surface area contributed by atoms with Crippen LogP contribution in [0.4, 0.5) is 24.7 Å². The summed E-state index contributed by atoms with van der Waals surface area (Å²) in [5, 5.41) is 12.7. The van der Waals surface area contributed by atoms with Crippen LogP contribution in [0.5, 0.6) is 0 Å². The second kappa shape index (κ2) is 10.6. The van der Waals surface area contributed by atoms with Crippen LogP contribution in [0.15, 0.2) is 67.1 Å². The number of carbonyl (C=O) groups excluding carboxylic acids is 1. The molecule has 0 saturated carbocycles. The third-order valence-electron chi connectivity index (χ3n) is 6.37. The maximum absolute atomic E-state index is 12.4. The van der Waals surface area contributed by atoms with Crippen molar-refractivity contribution < 1.29 is 22.7 Å². The molecule has 5 aromatic rings. The molecule has 1 fully saturated rings. The topological polar surface area (TPSA) is 94.0 Å². The van der Waals surface area contributed by atoms with E-state index in [1.54, 1.807) is 0 Å². The van der Waals surface area contributed by atoms with E-state index in [1.807, 2.05) is 53.3 Å². The number of rotatable bonds is 5. The number of halogens is 3. The van der Waals surface area contributed by atoms with Crippen molar-refractivity contribution in [2.45, 2.75) is 31.3 Å². The molecule has 202 valence electrons. The van der Waals surface area contributed by atoms with Gasteiger partial charge in [0, 0.05) is 24.0 Å². The fraction of sp³-hybridized carbons (Fsp3) is 0.214. The molecule has 2 aromatic carbocycles. The number of benzene rings is 2. The number of anilines is 2. The number of fused-ring (bicyclic) bond motifs is 2. The van der Waals surface area contributed by atoms with Crippen LogP contribution >= 0.6 is 11.3 Å². The van der Waals surface area contributed by atoms with Crippen LogP contribution < -0.4 is 10.6 Å². The van der Waals surface area contributed by atoms with Gasteiger partial charge in [-0.1, -0.05) is 42.2 Å². The number of nitrogens with one attached hydrogen (secondary N) is 2. The summed E-state index contributed by atoms with van der Waals surface area (Å²) in [6, 6.07) is 17.6. The summed E-state index contributed by atoms with van der Waals surface area (Å²) in [5.41, 5.74) is 3.04. The molecule has 0 bridgehead atoms. The van der Waals surface area contributed by atoms with E-state index in [9.17, 15) is 18.0 Å². The highest BCUT2D eigenvalue weighted by molar-refractivity contribution is 7.19. The number of carbonyl (C=O) groups is 1. The molecule has 1 aliphatic heterocycles. The van der Waals surface area contributed by atoms with Crippen molar-refractivity contribution in [1.29, 1.82) is 0 Å². The maximum Gasteiger partial charge on any atom is 0.490 e. The SMILES string of the molecule is O=C(O[C@H]1CN[C@H](C#Cc2cc3c(Nc4ccc5c(cnn5Cc5ccccc5)c4)ncnc3s2)C1)C(F)(F)F. The molecule has 2 atom stereocenters. The van der Waals surface area contributed by atoms with Crippen molar-refractivity contribution in [2.24, 2.45) is 0 Å². The Balaban J connectivity index is 1.15. The Kier molecular flexibility index (Phi) is 6.83. The average Bonchev–Trinajstić information content (AvgIpc) is 3.66. The van der Waals surface area contributed by atoms with E-state index < -0.39 is 24.3 Å². The summed E-state index contributed by atoms with van der Waals surface area (Å²) < 4.78 is 43.8. The predicted molar refractivity (Wildman–Crippen MR) is 145 cm³/mol. The van der Waals surface area contributed by atoms with E-state index in [4.69, 9.17) is 0 Å². The lowest BCUT2D eigenvalue weighted by Gasteiger charge is -2.11. The second-order valence-corrected chi connectivity index (χ2v) is 10.3.